The molecule has 2 heterocycles. The van der Waals surface area contributed by atoms with Crippen LogP contribution in [0.5, 0.6) is 0 Å². The van der Waals surface area contributed by atoms with Gasteiger partial charge in [0.25, 0.3) is 0 Å². The first-order chi connectivity index (χ1) is 16.3. The third-order valence-electron chi connectivity index (χ3n) is 6.70. The number of aryl methyl sites for hydroxylation is 2. The Kier molecular flexibility index (Phi) is 6.45. The number of sulfonamides is 1. The molecule has 0 unspecified atom stereocenters. The van der Waals surface area contributed by atoms with Crippen LogP contribution >= 0.6 is 12.2 Å². The van der Waals surface area contributed by atoms with Gasteiger partial charge in [0.05, 0.1) is 18.1 Å². The van der Waals surface area contributed by atoms with Gasteiger partial charge in [-0.1, -0.05) is 42.5 Å². The molecule has 0 radical (unpaired) electrons. The number of benzene rings is 2. The Morgan fingerprint density at radius 3 is 2.38 bits per heavy atom. The van der Waals surface area contributed by atoms with E-state index < -0.39 is 10.0 Å². The van der Waals surface area contributed by atoms with Crippen molar-refractivity contribution in [2.75, 3.05) is 26.2 Å². The van der Waals surface area contributed by atoms with Crippen LogP contribution in [0.1, 0.15) is 41.3 Å². The van der Waals surface area contributed by atoms with E-state index in [1.807, 2.05) is 48.9 Å². The molecule has 0 amide bonds. The summed E-state index contributed by atoms with van der Waals surface area (Å²) in [5.41, 5.74) is 2.95. The molecule has 0 bridgehead atoms. The molecule has 1 saturated heterocycles. The maximum absolute atomic E-state index is 13.3. The average molecular weight is 498 g/mol. The molecule has 0 atom stereocenters. The molecule has 1 saturated carbocycles. The van der Waals surface area contributed by atoms with Crippen molar-refractivity contribution in [3.8, 4) is 0 Å². The van der Waals surface area contributed by atoms with Crippen molar-refractivity contribution in [1.82, 2.24) is 23.6 Å². The molecule has 5 rings (SSSR count). The summed E-state index contributed by atoms with van der Waals surface area (Å²) >= 11 is 5.83. The van der Waals surface area contributed by atoms with E-state index >= 15 is 0 Å². The summed E-state index contributed by atoms with van der Waals surface area (Å²) in [6, 6.07) is 15.9. The second-order valence-electron chi connectivity index (χ2n) is 9.42. The quantitative estimate of drug-likeness (QED) is 0.463. The van der Waals surface area contributed by atoms with E-state index in [-0.39, 0.29) is 0 Å². The van der Waals surface area contributed by atoms with Crippen molar-refractivity contribution in [2.45, 2.75) is 50.7 Å². The van der Waals surface area contributed by atoms with E-state index in [0.29, 0.717) is 43.7 Å². The lowest BCUT2D eigenvalue weighted by Gasteiger charge is -2.34. The normalized spacial score (nSPS) is 17.8. The lowest BCUT2D eigenvalue weighted by molar-refractivity contribution is 0.144. The Labute approximate surface area is 206 Å². The number of nitrogens with zero attached hydrogens (tertiary/aromatic N) is 5. The van der Waals surface area contributed by atoms with Crippen LogP contribution < -0.4 is 0 Å². The number of aromatic nitrogens is 3. The second-order valence-corrected chi connectivity index (χ2v) is 11.7. The lowest BCUT2D eigenvalue weighted by Crippen LogP contribution is -2.49. The van der Waals surface area contributed by atoms with Crippen molar-refractivity contribution < 1.29 is 8.42 Å². The van der Waals surface area contributed by atoms with Gasteiger partial charge in [0.1, 0.15) is 5.82 Å². The molecule has 3 aromatic rings. The maximum Gasteiger partial charge on any atom is 0.243 e. The highest BCUT2D eigenvalue weighted by atomic mass is 32.2. The van der Waals surface area contributed by atoms with E-state index in [4.69, 9.17) is 17.3 Å². The van der Waals surface area contributed by atoms with Crippen LogP contribution in [0.4, 0.5) is 0 Å². The summed E-state index contributed by atoms with van der Waals surface area (Å²) < 4.78 is 32.9. The van der Waals surface area contributed by atoms with Gasteiger partial charge in [-0.25, -0.2) is 13.1 Å². The first-order valence-corrected chi connectivity index (χ1v) is 13.7. The second kappa shape index (κ2) is 9.37. The summed E-state index contributed by atoms with van der Waals surface area (Å²) in [4.78, 5) is 2.65. The minimum atomic E-state index is -3.50. The number of rotatable bonds is 7. The Hall–Kier alpha value is -2.33. The van der Waals surface area contributed by atoms with Crippen LogP contribution in [0, 0.1) is 18.6 Å². The van der Waals surface area contributed by atoms with Gasteiger partial charge in [-0.05, 0) is 61.7 Å². The van der Waals surface area contributed by atoms with Gasteiger partial charge in [0.2, 0.25) is 10.0 Å². The molecule has 9 heteroatoms. The lowest BCUT2D eigenvalue weighted by atomic mass is 10.2. The van der Waals surface area contributed by atoms with Crippen LogP contribution in [0.15, 0.2) is 53.4 Å². The van der Waals surface area contributed by atoms with Crippen LogP contribution in [0.25, 0.3) is 0 Å². The highest BCUT2D eigenvalue weighted by Gasteiger charge is 2.32. The molecular formula is C25H31N5O2S2. The monoisotopic (exact) mass is 497 g/mol. The molecule has 1 aliphatic heterocycles. The van der Waals surface area contributed by atoms with E-state index in [9.17, 15) is 8.42 Å². The van der Waals surface area contributed by atoms with Crippen molar-refractivity contribution in [1.29, 1.82) is 0 Å². The highest BCUT2D eigenvalue weighted by molar-refractivity contribution is 7.89. The van der Waals surface area contributed by atoms with Crippen molar-refractivity contribution in [2.24, 2.45) is 0 Å². The fourth-order valence-electron chi connectivity index (χ4n) is 4.53. The molecule has 1 aliphatic carbocycles. The Balaban J connectivity index is 1.29. The zero-order chi connectivity index (χ0) is 23.9. The summed E-state index contributed by atoms with van der Waals surface area (Å²) in [6.45, 7) is 7.31. The van der Waals surface area contributed by atoms with Gasteiger partial charge in [-0.15, -0.1) is 0 Å². The number of hydrogen-bond donors (Lipinski definition) is 0. The molecule has 1 aromatic heterocycles. The van der Waals surface area contributed by atoms with E-state index in [2.05, 4.69) is 21.6 Å². The zero-order valence-corrected chi connectivity index (χ0v) is 21.4. The standard InChI is InChI=1S/C25H31N5O2S2/c1-19-8-9-20(2)23(16-19)34(31,32)28-14-12-27(13-15-28)18-30-25(33)29(24(26-30)22-10-11-22)17-21-6-4-3-5-7-21/h3-9,16,22H,10-15,17-18H2,1-2H3. The zero-order valence-electron chi connectivity index (χ0n) is 19.7. The largest absolute Gasteiger partial charge is 0.299 e. The van der Waals surface area contributed by atoms with Crippen LogP contribution in [0.3, 0.4) is 0 Å². The molecule has 0 spiro atoms. The fraction of sp³-hybridized carbons (Fsp3) is 0.440. The van der Waals surface area contributed by atoms with Gasteiger partial charge in [-0.3, -0.25) is 9.47 Å². The van der Waals surface area contributed by atoms with Gasteiger partial charge < -0.3 is 0 Å². The van der Waals surface area contributed by atoms with Crippen LogP contribution in [0.2, 0.25) is 0 Å². The van der Waals surface area contributed by atoms with Crippen molar-refractivity contribution in [3.05, 3.63) is 75.8 Å². The smallest absolute Gasteiger partial charge is 0.243 e. The number of piperazine rings is 1. The molecule has 2 aromatic carbocycles. The van der Waals surface area contributed by atoms with Crippen LogP contribution in [-0.2, 0) is 23.2 Å². The third-order valence-corrected chi connectivity index (χ3v) is 9.18. The van der Waals surface area contributed by atoms with E-state index in [1.165, 1.54) is 5.56 Å². The average Bonchev–Trinajstić information content (AvgIpc) is 3.63. The van der Waals surface area contributed by atoms with Gasteiger partial charge in [-0.2, -0.15) is 9.40 Å². The fourth-order valence-corrected chi connectivity index (χ4v) is 6.52. The Morgan fingerprint density at radius 2 is 1.71 bits per heavy atom. The first-order valence-electron chi connectivity index (χ1n) is 11.8. The summed E-state index contributed by atoms with van der Waals surface area (Å²) in [5.74, 6) is 1.57. The molecule has 2 aliphatic rings. The van der Waals surface area contributed by atoms with Crippen molar-refractivity contribution in [3.63, 3.8) is 0 Å². The van der Waals surface area contributed by atoms with Gasteiger partial charge >= 0.3 is 0 Å². The summed E-state index contributed by atoms with van der Waals surface area (Å²) in [6.07, 6.45) is 2.32. The van der Waals surface area contributed by atoms with E-state index in [1.54, 1.807) is 10.4 Å². The molecular weight excluding hydrogens is 466 g/mol. The third kappa shape index (κ3) is 4.75. The topological polar surface area (TPSA) is 63.4 Å². The first kappa shape index (κ1) is 23.4. The van der Waals surface area contributed by atoms with Crippen molar-refractivity contribution >= 4 is 22.2 Å². The molecule has 180 valence electrons. The minimum absolute atomic E-state index is 0.414. The maximum atomic E-state index is 13.3. The summed E-state index contributed by atoms with van der Waals surface area (Å²) in [5, 5.41) is 4.90. The molecule has 0 N–H and O–H groups in total. The van der Waals surface area contributed by atoms with Gasteiger partial charge in [0, 0.05) is 32.1 Å². The molecule has 34 heavy (non-hydrogen) atoms. The Bertz CT molecular complexity index is 1340. The van der Waals surface area contributed by atoms with E-state index in [0.717, 1.165) is 41.1 Å². The van der Waals surface area contributed by atoms with Crippen LogP contribution in [-0.4, -0.2) is 58.1 Å². The van der Waals surface area contributed by atoms with Gasteiger partial charge in [0.15, 0.2) is 4.77 Å². The molecule has 7 nitrogen and oxygen atoms in total. The highest BCUT2D eigenvalue weighted by Crippen LogP contribution is 2.39. The predicted molar refractivity (Wildman–Crippen MR) is 135 cm³/mol. The predicted octanol–water partition coefficient (Wildman–Crippen LogP) is 3.92. The molecule has 2 fully saturated rings. The SMILES string of the molecule is Cc1ccc(C)c(S(=O)(=O)N2CCN(Cn3nc(C4CC4)n(Cc4ccccc4)c3=S)CC2)c1. The minimum Gasteiger partial charge on any atom is -0.299 e. The number of hydrogen-bond acceptors (Lipinski definition) is 5. The summed E-state index contributed by atoms with van der Waals surface area (Å²) in [7, 11) is -3.50. The Morgan fingerprint density at radius 1 is 1.00 bits per heavy atom.